The highest BCUT2D eigenvalue weighted by Gasteiger charge is 2.27. The van der Waals surface area contributed by atoms with Gasteiger partial charge in [0.15, 0.2) is 0 Å². The number of ketones is 1. The molecule has 1 fully saturated rings. The van der Waals surface area contributed by atoms with Gasteiger partial charge in [0.25, 0.3) is 0 Å². The largest absolute Gasteiger partial charge is 0.376 e. The lowest BCUT2D eigenvalue weighted by Gasteiger charge is -2.41. The number of carbonyl (C=O) groups excluding carboxylic acids is 2. The second-order valence-corrected chi connectivity index (χ2v) is 8.02. The zero-order valence-corrected chi connectivity index (χ0v) is 16.7. The van der Waals surface area contributed by atoms with Gasteiger partial charge in [-0.3, -0.25) is 9.59 Å². The first-order valence-electron chi connectivity index (χ1n) is 9.67. The lowest BCUT2D eigenvalue weighted by Crippen LogP contribution is -2.55. The molecule has 0 spiro atoms. The van der Waals surface area contributed by atoms with Gasteiger partial charge in [0.1, 0.15) is 5.78 Å². The molecular formula is C22H24ClN3O2. The van der Waals surface area contributed by atoms with Crippen LogP contribution < -0.4 is 10.2 Å². The van der Waals surface area contributed by atoms with Gasteiger partial charge >= 0.3 is 0 Å². The molecule has 1 amide bonds. The van der Waals surface area contributed by atoms with Crippen molar-refractivity contribution in [1.29, 1.82) is 0 Å². The molecule has 0 radical (unpaired) electrons. The molecule has 1 N–H and O–H groups in total. The van der Waals surface area contributed by atoms with Gasteiger partial charge in [-0.15, -0.1) is 0 Å². The Bertz CT molecular complexity index is 897. The van der Waals surface area contributed by atoms with Crippen LogP contribution in [-0.2, 0) is 22.4 Å². The number of nitrogens with zero attached hydrogens (tertiary/aromatic N) is 2. The van der Waals surface area contributed by atoms with Crippen LogP contribution in [0.5, 0.6) is 0 Å². The number of anilines is 2. The van der Waals surface area contributed by atoms with E-state index in [4.69, 9.17) is 11.6 Å². The van der Waals surface area contributed by atoms with Crippen LogP contribution in [0.4, 0.5) is 11.4 Å². The maximum atomic E-state index is 12.7. The van der Waals surface area contributed by atoms with Crippen molar-refractivity contribution in [1.82, 2.24) is 4.90 Å². The van der Waals surface area contributed by atoms with E-state index in [0.29, 0.717) is 19.4 Å². The first-order valence-corrected chi connectivity index (χ1v) is 10.0. The van der Waals surface area contributed by atoms with Gasteiger partial charge in [-0.2, -0.15) is 0 Å². The summed E-state index contributed by atoms with van der Waals surface area (Å²) in [7, 11) is 0. The Morgan fingerprint density at radius 3 is 2.61 bits per heavy atom. The lowest BCUT2D eigenvalue weighted by molar-refractivity contribution is -0.131. The first kappa shape index (κ1) is 18.8. The summed E-state index contributed by atoms with van der Waals surface area (Å²) in [6.07, 6.45) is 1.03. The van der Waals surface area contributed by atoms with E-state index < -0.39 is 0 Å². The van der Waals surface area contributed by atoms with Crippen molar-refractivity contribution in [2.45, 2.75) is 25.8 Å². The fourth-order valence-corrected chi connectivity index (χ4v) is 4.18. The zero-order valence-electron chi connectivity index (χ0n) is 16.0. The second-order valence-electron chi connectivity index (χ2n) is 7.59. The molecule has 1 heterocycles. The summed E-state index contributed by atoms with van der Waals surface area (Å²) < 4.78 is 0. The molecule has 6 heteroatoms. The Morgan fingerprint density at radius 2 is 1.86 bits per heavy atom. The number of hydrogen-bond acceptors (Lipinski definition) is 4. The first-order chi connectivity index (χ1) is 13.5. The summed E-state index contributed by atoms with van der Waals surface area (Å²) in [6.45, 7) is 4.65. The molecule has 1 aliphatic heterocycles. The number of hydrogen-bond donors (Lipinski definition) is 1. The number of piperazine rings is 1. The number of benzene rings is 2. The van der Waals surface area contributed by atoms with Crippen LogP contribution in [0.1, 0.15) is 18.1 Å². The number of halogens is 1. The SMILES string of the molecule is C[C@@H]1CN(c2ccc(Cl)cc2)CCN1C(=O)CNc1ccc2c(c1)CC(=O)C2. The molecule has 2 aromatic rings. The van der Waals surface area contributed by atoms with Gasteiger partial charge in [-0.25, -0.2) is 0 Å². The van der Waals surface area contributed by atoms with Crippen LogP contribution in [-0.4, -0.2) is 48.8 Å². The van der Waals surface area contributed by atoms with Gasteiger partial charge in [-0.1, -0.05) is 17.7 Å². The molecule has 2 aromatic carbocycles. The number of fused-ring (bicyclic) bond motifs is 1. The number of nitrogens with one attached hydrogen (secondary N) is 1. The standard InChI is InChI=1S/C22H24ClN3O2/c1-15-14-25(20-6-3-18(23)4-7-20)8-9-26(15)22(28)13-24-19-5-2-16-11-21(27)12-17(16)10-19/h2-7,10,15,24H,8-9,11-14H2,1H3/t15-/m1/s1. The normalized spacial score (nSPS) is 18.9. The molecule has 0 unspecified atom stereocenters. The number of amides is 1. The van der Waals surface area contributed by atoms with E-state index in [-0.39, 0.29) is 24.3 Å². The van der Waals surface area contributed by atoms with Crippen LogP contribution >= 0.6 is 11.6 Å². The summed E-state index contributed by atoms with van der Waals surface area (Å²) in [6, 6.07) is 13.9. The molecule has 0 saturated carbocycles. The minimum Gasteiger partial charge on any atom is -0.376 e. The molecule has 1 saturated heterocycles. The Balaban J connectivity index is 1.32. The topological polar surface area (TPSA) is 52.6 Å². The van der Waals surface area contributed by atoms with E-state index >= 15 is 0 Å². The molecule has 0 aromatic heterocycles. The van der Waals surface area contributed by atoms with Crippen molar-refractivity contribution in [2.24, 2.45) is 0 Å². The van der Waals surface area contributed by atoms with Crippen molar-refractivity contribution in [3.05, 3.63) is 58.6 Å². The third-order valence-corrected chi connectivity index (χ3v) is 5.82. The fourth-order valence-electron chi connectivity index (χ4n) is 4.05. The molecule has 0 bridgehead atoms. The van der Waals surface area contributed by atoms with Crippen LogP contribution in [0.25, 0.3) is 0 Å². The molecule has 1 atom stereocenters. The summed E-state index contributed by atoms with van der Waals surface area (Å²) >= 11 is 5.97. The van der Waals surface area contributed by atoms with Crippen molar-refractivity contribution in [3.8, 4) is 0 Å². The molecule has 4 rings (SSSR count). The highest BCUT2D eigenvalue weighted by Crippen LogP contribution is 2.24. The minimum absolute atomic E-state index is 0.0971. The second kappa shape index (κ2) is 7.84. The Kier molecular flexibility index (Phi) is 5.27. The minimum atomic E-state index is 0.0971. The zero-order chi connectivity index (χ0) is 19.7. The van der Waals surface area contributed by atoms with E-state index in [1.165, 1.54) is 0 Å². The lowest BCUT2D eigenvalue weighted by atomic mass is 10.1. The van der Waals surface area contributed by atoms with Crippen molar-refractivity contribution in [2.75, 3.05) is 36.4 Å². The molecule has 28 heavy (non-hydrogen) atoms. The molecule has 2 aliphatic rings. The van der Waals surface area contributed by atoms with Crippen LogP contribution in [0.15, 0.2) is 42.5 Å². The Labute approximate surface area is 170 Å². The predicted molar refractivity (Wildman–Crippen MR) is 112 cm³/mol. The quantitative estimate of drug-likeness (QED) is 0.861. The van der Waals surface area contributed by atoms with Gasteiger partial charge in [0.05, 0.1) is 6.54 Å². The Morgan fingerprint density at radius 1 is 1.11 bits per heavy atom. The third kappa shape index (κ3) is 3.99. The molecular weight excluding hydrogens is 374 g/mol. The van der Waals surface area contributed by atoms with E-state index in [1.54, 1.807) is 0 Å². The molecule has 5 nitrogen and oxygen atoms in total. The van der Waals surface area contributed by atoms with E-state index in [9.17, 15) is 9.59 Å². The summed E-state index contributed by atoms with van der Waals surface area (Å²) in [5.74, 6) is 0.357. The number of rotatable bonds is 4. The van der Waals surface area contributed by atoms with Crippen molar-refractivity contribution < 1.29 is 9.59 Å². The average Bonchev–Trinajstić information content (AvgIpc) is 3.06. The average molecular weight is 398 g/mol. The fraction of sp³-hybridized carbons (Fsp3) is 0.364. The van der Waals surface area contributed by atoms with Gasteiger partial charge in [0, 0.05) is 54.9 Å². The van der Waals surface area contributed by atoms with Crippen LogP contribution in [0.2, 0.25) is 5.02 Å². The maximum absolute atomic E-state index is 12.7. The number of carbonyl (C=O) groups is 2. The van der Waals surface area contributed by atoms with Crippen LogP contribution in [0, 0.1) is 0 Å². The molecule has 1 aliphatic carbocycles. The van der Waals surface area contributed by atoms with Gasteiger partial charge < -0.3 is 15.1 Å². The van der Waals surface area contributed by atoms with Gasteiger partial charge in [0.2, 0.25) is 5.91 Å². The smallest absolute Gasteiger partial charge is 0.242 e. The monoisotopic (exact) mass is 397 g/mol. The third-order valence-electron chi connectivity index (χ3n) is 5.56. The summed E-state index contributed by atoms with van der Waals surface area (Å²) in [4.78, 5) is 28.5. The Hall–Kier alpha value is -2.53. The van der Waals surface area contributed by atoms with Crippen LogP contribution in [0.3, 0.4) is 0 Å². The highest BCUT2D eigenvalue weighted by atomic mass is 35.5. The summed E-state index contributed by atoms with van der Waals surface area (Å²) in [5, 5.41) is 3.95. The van der Waals surface area contributed by atoms with Crippen molar-refractivity contribution >= 4 is 34.7 Å². The van der Waals surface area contributed by atoms with E-state index in [0.717, 1.165) is 40.6 Å². The highest BCUT2D eigenvalue weighted by molar-refractivity contribution is 6.30. The van der Waals surface area contributed by atoms with E-state index in [2.05, 4.69) is 17.1 Å². The summed E-state index contributed by atoms with van der Waals surface area (Å²) in [5.41, 5.74) is 4.21. The molecule has 146 valence electrons. The predicted octanol–water partition coefficient (Wildman–Crippen LogP) is 3.16. The van der Waals surface area contributed by atoms with E-state index in [1.807, 2.05) is 47.4 Å². The maximum Gasteiger partial charge on any atom is 0.242 e. The van der Waals surface area contributed by atoms with Crippen molar-refractivity contribution in [3.63, 3.8) is 0 Å². The van der Waals surface area contributed by atoms with Gasteiger partial charge in [-0.05, 0) is 54.4 Å². The number of Topliss-reactive ketones (excluding diaryl/α,β-unsaturated/α-hetero) is 1.